The molecule has 0 bridgehead atoms. The van der Waals surface area contributed by atoms with Crippen LogP contribution in [0.4, 0.5) is 0 Å². The number of halogens is 1. The number of carbonyl (C=O) groups is 2. The van der Waals surface area contributed by atoms with Crippen molar-refractivity contribution in [3.8, 4) is 0 Å². The first-order valence-electron chi connectivity index (χ1n) is 4.22. The van der Waals surface area contributed by atoms with Crippen molar-refractivity contribution >= 4 is 23.5 Å². The molecule has 1 amide bonds. The molecule has 1 N–H and O–H groups in total. The third-order valence-electron chi connectivity index (χ3n) is 2.53. The Hall–Kier alpha value is -1.03. The maximum atomic E-state index is 11.6. The van der Waals surface area contributed by atoms with Gasteiger partial charge in [0.2, 0.25) is 5.91 Å². The van der Waals surface area contributed by atoms with Gasteiger partial charge in [-0.2, -0.15) is 0 Å². The predicted octanol–water partition coefficient (Wildman–Crippen LogP) is 1.06. The fraction of sp³-hybridized carbons (Fsp3) is 0.556. The number of carboxylic acid groups (broad SMARTS) is 1. The Morgan fingerprint density at radius 2 is 2.36 bits per heavy atom. The maximum Gasteiger partial charge on any atom is 0.319 e. The van der Waals surface area contributed by atoms with E-state index in [1.807, 2.05) is 0 Å². The third kappa shape index (κ3) is 1.62. The van der Waals surface area contributed by atoms with Gasteiger partial charge in [0.05, 0.1) is 0 Å². The molecule has 0 aliphatic carbocycles. The Kier molecular flexibility index (Phi) is 2.85. The summed E-state index contributed by atoms with van der Waals surface area (Å²) >= 11 is 5.58. The van der Waals surface area contributed by atoms with E-state index in [0.717, 1.165) is 0 Å². The van der Waals surface area contributed by atoms with Crippen LogP contribution in [0.3, 0.4) is 0 Å². The highest BCUT2D eigenvalue weighted by Crippen LogP contribution is 2.38. The highest BCUT2D eigenvalue weighted by Gasteiger charge is 2.51. The van der Waals surface area contributed by atoms with E-state index in [1.165, 1.54) is 4.90 Å². The van der Waals surface area contributed by atoms with E-state index in [1.54, 1.807) is 7.05 Å². The molecule has 4 nitrogen and oxygen atoms in total. The SMILES string of the molecule is C=C(Cl)CC1(C(=O)O)CCN(C)C1=O. The summed E-state index contributed by atoms with van der Waals surface area (Å²) in [5, 5.41) is 9.26. The van der Waals surface area contributed by atoms with Crippen LogP contribution in [0, 0.1) is 5.41 Å². The summed E-state index contributed by atoms with van der Waals surface area (Å²) in [4.78, 5) is 24.1. The fourth-order valence-electron chi connectivity index (χ4n) is 1.70. The van der Waals surface area contributed by atoms with Gasteiger partial charge >= 0.3 is 5.97 Å². The van der Waals surface area contributed by atoms with E-state index in [0.29, 0.717) is 13.0 Å². The second kappa shape index (κ2) is 3.61. The number of likely N-dealkylation sites (tertiary alicyclic amines) is 1. The number of carboxylic acids is 1. The predicted molar refractivity (Wildman–Crippen MR) is 51.9 cm³/mol. The number of hydrogen-bond acceptors (Lipinski definition) is 2. The van der Waals surface area contributed by atoms with Gasteiger partial charge in [-0.1, -0.05) is 18.2 Å². The molecule has 78 valence electrons. The zero-order valence-electron chi connectivity index (χ0n) is 7.92. The normalized spacial score (nSPS) is 26.7. The minimum Gasteiger partial charge on any atom is -0.480 e. The summed E-state index contributed by atoms with van der Waals surface area (Å²) in [6, 6.07) is 0. The summed E-state index contributed by atoms with van der Waals surface area (Å²) in [5.74, 6) is -1.50. The molecule has 0 saturated carbocycles. The average molecular weight is 218 g/mol. The first-order chi connectivity index (χ1) is 6.40. The average Bonchev–Trinajstić information content (AvgIpc) is 2.33. The zero-order valence-corrected chi connectivity index (χ0v) is 8.67. The van der Waals surface area contributed by atoms with Gasteiger partial charge in [0.25, 0.3) is 0 Å². The Morgan fingerprint density at radius 1 is 1.79 bits per heavy atom. The lowest BCUT2D eigenvalue weighted by Gasteiger charge is -2.21. The van der Waals surface area contributed by atoms with Gasteiger partial charge in [-0.05, 0) is 6.42 Å². The Labute approximate surface area is 87.1 Å². The number of nitrogens with zero attached hydrogens (tertiary/aromatic N) is 1. The Balaban J connectivity index is 3.00. The van der Waals surface area contributed by atoms with Gasteiger partial charge < -0.3 is 10.0 Å². The van der Waals surface area contributed by atoms with Crippen molar-refractivity contribution < 1.29 is 14.7 Å². The van der Waals surface area contributed by atoms with Crippen molar-refractivity contribution in [2.45, 2.75) is 12.8 Å². The van der Waals surface area contributed by atoms with Gasteiger partial charge in [-0.3, -0.25) is 9.59 Å². The van der Waals surface area contributed by atoms with Gasteiger partial charge in [-0.25, -0.2) is 0 Å². The summed E-state index contributed by atoms with van der Waals surface area (Å²) in [6.45, 7) is 3.89. The first kappa shape index (κ1) is 11.0. The smallest absolute Gasteiger partial charge is 0.319 e. The monoisotopic (exact) mass is 217 g/mol. The van der Waals surface area contributed by atoms with Crippen molar-refractivity contribution in [3.05, 3.63) is 11.6 Å². The third-order valence-corrected chi connectivity index (χ3v) is 2.67. The van der Waals surface area contributed by atoms with Crippen molar-refractivity contribution in [1.82, 2.24) is 4.90 Å². The fourth-order valence-corrected chi connectivity index (χ4v) is 1.93. The van der Waals surface area contributed by atoms with E-state index in [9.17, 15) is 9.59 Å². The van der Waals surface area contributed by atoms with Crippen LogP contribution in [0.1, 0.15) is 12.8 Å². The molecule has 0 aromatic rings. The lowest BCUT2D eigenvalue weighted by molar-refractivity contribution is -0.155. The quantitative estimate of drug-likeness (QED) is 0.720. The number of allylic oxidation sites excluding steroid dienone is 1. The van der Waals surface area contributed by atoms with Gasteiger partial charge in [0.1, 0.15) is 0 Å². The van der Waals surface area contributed by atoms with Crippen LogP contribution in [0.2, 0.25) is 0 Å². The lowest BCUT2D eigenvalue weighted by Crippen LogP contribution is -2.39. The van der Waals surface area contributed by atoms with Crippen LogP contribution in [-0.4, -0.2) is 35.5 Å². The number of amides is 1. The molecule has 0 radical (unpaired) electrons. The maximum absolute atomic E-state index is 11.6. The van der Waals surface area contributed by atoms with E-state index in [-0.39, 0.29) is 17.4 Å². The van der Waals surface area contributed by atoms with Gasteiger partial charge in [-0.15, -0.1) is 0 Å². The molecule has 0 aromatic carbocycles. The molecule has 1 atom stereocenters. The molecule has 1 heterocycles. The zero-order chi connectivity index (χ0) is 10.9. The molecular weight excluding hydrogens is 206 g/mol. The van der Waals surface area contributed by atoms with E-state index >= 15 is 0 Å². The van der Waals surface area contributed by atoms with Crippen molar-refractivity contribution in [1.29, 1.82) is 0 Å². The molecule has 1 saturated heterocycles. The number of rotatable bonds is 3. The van der Waals surface area contributed by atoms with Crippen LogP contribution < -0.4 is 0 Å². The summed E-state index contributed by atoms with van der Waals surface area (Å²) in [5.41, 5.74) is -1.38. The molecule has 1 aliphatic heterocycles. The molecular formula is C9H12ClNO3. The van der Waals surface area contributed by atoms with Crippen molar-refractivity contribution in [3.63, 3.8) is 0 Å². The van der Waals surface area contributed by atoms with Crippen molar-refractivity contribution in [2.75, 3.05) is 13.6 Å². The molecule has 5 heteroatoms. The molecule has 1 aliphatic rings. The van der Waals surface area contributed by atoms with Crippen LogP contribution in [-0.2, 0) is 9.59 Å². The van der Waals surface area contributed by atoms with Crippen molar-refractivity contribution in [2.24, 2.45) is 5.41 Å². The van der Waals surface area contributed by atoms with E-state index in [4.69, 9.17) is 16.7 Å². The highest BCUT2D eigenvalue weighted by molar-refractivity contribution is 6.29. The van der Waals surface area contributed by atoms with Crippen LogP contribution >= 0.6 is 11.6 Å². The van der Waals surface area contributed by atoms with Crippen LogP contribution in [0.5, 0.6) is 0 Å². The van der Waals surface area contributed by atoms with Gasteiger partial charge in [0.15, 0.2) is 5.41 Å². The first-order valence-corrected chi connectivity index (χ1v) is 4.60. The largest absolute Gasteiger partial charge is 0.480 e. The minimum atomic E-state index is -1.38. The molecule has 1 unspecified atom stereocenters. The minimum absolute atomic E-state index is 0.00701. The number of hydrogen-bond donors (Lipinski definition) is 1. The topological polar surface area (TPSA) is 57.6 Å². The van der Waals surface area contributed by atoms with E-state index < -0.39 is 11.4 Å². The van der Waals surface area contributed by atoms with E-state index in [2.05, 4.69) is 6.58 Å². The summed E-state index contributed by atoms with van der Waals surface area (Å²) in [6.07, 6.45) is 0.302. The lowest BCUT2D eigenvalue weighted by atomic mass is 9.83. The molecule has 1 fully saturated rings. The highest BCUT2D eigenvalue weighted by atomic mass is 35.5. The number of carbonyl (C=O) groups excluding carboxylic acids is 1. The number of aliphatic carboxylic acids is 1. The second-order valence-electron chi connectivity index (χ2n) is 3.56. The van der Waals surface area contributed by atoms with Gasteiger partial charge in [0, 0.05) is 25.0 Å². The van der Waals surface area contributed by atoms with Crippen LogP contribution in [0.25, 0.3) is 0 Å². The standard InChI is InChI=1S/C9H12ClNO3/c1-6(10)5-9(8(13)14)3-4-11(2)7(9)12/h1,3-5H2,2H3,(H,13,14). The molecule has 14 heavy (non-hydrogen) atoms. The summed E-state index contributed by atoms with van der Waals surface area (Å²) < 4.78 is 0. The molecule has 0 aromatic heterocycles. The Bertz CT molecular complexity index is 302. The summed E-state index contributed by atoms with van der Waals surface area (Å²) in [7, 11) is 1.59. The van der Waals surface area contributed by atoms with Crippen LogP contribution in [0.15, 0.2) is 11.6 Å². The molecule has 1 rings (SSSR count). The molecule has 0 spiro atoms. The Morgan fingerprint density at radius 3 is 2.64 bits per heavy atom. The second-order valence-corrected chi connectivity index (χ2v) is 4.09.